The lowest BCUT2D eigenvalue weighted by Gasteiger charge is -2.09. The molecule has 0 aliphatic rings. The molecule has 0 fully saturated rings. The number of nitrogens with zero attached hydrogens (tertiary/aromatic N) is 1. The molecule has 2 aromatic carbocycles. The molecule has 0 heterocycles. The number of amides is 1. The number of alkyl halides is 1. The smallest absolute Gasteiger partial charge is 0.270 e. The number of nitro benzene ring substituents is 1. The van der Waals surface area contributed by atoms with Gasteiger partial charge in [0.05, 0.1) is 4.92 Å². The van der Waals surface area contributed by atoms with Gasteiger partial charge in [-0.05, 0) is 30.2 Å². The van der Waals surface area contributed by atoms with Gasteiger partial charge in [-0.1, -0.05) is 18.2 Å². The summed E-state index contributed by atoms with van der Waals surface area (Å²) in [6.07, 6.45) is 0. The molecule has 2 rings (SSSR count). The second-order valence-corrected chi connectivity index (χ2v) is 4.83. The lowest BCUT2D eigenvalue weighted by Crippen LogP contribution is -2.13. The number of nitrogens with one attached hydrogen (secondary N) is 1. The van der Waals surface area contributed by atoms with Crippen LogP contribution in [-0.2, 0) is 5.88 Å². The van der Waals surface area contributed by atoms with Gasteiger partial charge in [0, 0.05) is 29.3 Å². The lowest BCUT2D eigenvalue weighted by atomic mass is 10.1. The van der Waals surface area contributed by atoms with Crippen LogP contribution in [-0.4, -0.2) is 10.8 Å². The third-order valence-electron chi connectivity index (χ3n) is 2.94. The van der Waals surface area contributed by atoms with E-state index in [0.29, 0.717) is 11.3 Å². The van der Waals surface area contributed by atoms with Crippen molar-refractivity contribution in [2.45, 2.75) is 12.8 Å². The first-order chi connectivity index (χ1) is 10.0. The highest BCUT2D eigenvalue weighted by Gasteiger charge is 2.14. The van der Waals surface area contributed by atoms with Crippen molar-refractivity contribution in [2.24, 2.45) is 0 Å². The van der Waals surface area contributed by atoms with Crippen molar-refractivity contribution >= 4 is 28.9 Å². The molecule has 0 spiro atoms. The van der Waals surface area contributed by atoms with Crippen LogP contribution in [0.5, 0.6) is 0 Å². The zero-order chi connectivity index (χ0) is 15.4. The number of carbonyl (C=O) groups is 1. The number of halogens is 1. The summed E-state index contributed by atoms with van der Waals surface area (Å²) in [6.45, 7) is 1.70. The molecule has 0 unspecified atom stereocenters. The number of carbonyl (C=O) groups excluding carboxylic acids is 1. The molecule has 0 saturated carbocycles. The number of benzene rings is 2. The first-order valence-electron chi connectivity index (χ1n) is 6.22. The van der Waals surface area contributed by atoms with E-state index in [2.05, 4.69) is 5.32 Å². The molecular weight excluding hydrogens is 292 g/mol. The fourth-order valence-corrected chi connectivity index (χ4v) is 2.19. The van der Waals surface area contributed by atoms with Gasteiger partial charge in [0.15, 0.2) is 0 Å². The third-order valence-corrected chi connectivity index (χ3v) is 3.23. The summed E-state index contributed by atoms with van der Waals surface area (Å²) < 4.78 is 0. The summed E-state index contributed by atoms with van der Waals surface area (Å²) in [5.41, 5.74) is 2.17. The van der Waals surface area contributed by atoms with Crippen molar-refractivity contribution in [3.05, 3.63) is 69.3 Å². The largest absolute Gasteiger partial charge is 0.322 e. The highest BCUT2D eigenvalue weighted by molar-refractivity contribution is 6.17. The first-order valence-corrected chi connectivity index (χ1v) is 6.76. The predicted molar refractivity (Wildman–Crippen MR) is 81.8 cm³/mol. The molecular formula is C15H13ClN2O3. The van der Waals surface area contributed by atoms with Crippen LogP contribution < -0.4 is 5.32 Å². The Morgan fingerprint density at radius 2 is 2.00 bits per heavy atom. The molecule has 0 radical (unpaired) electrons. The Morgan fingerprint density at radius 1 is 1.29 bits per heavy atom. The number of anilines is 1. The maximum Gasteiger partial charge on any atom is 0.270 e. The Morgan fingerprint density at radius 3 is 2.67 bits per heavy atom. The van der Waals surface area contributed by atoms with Gasteiger partial charge in [0.25, 0.3) is 11.6 Å². The first kappa shape index (κ1) is 15.0. The van der Waals surface area contributed by atoms with Crippen LogP contribution in [0.2, 0.25) is 0 Å². The van der Waals surface area contributed by atoms with Gasteiger partial charge in [0.1, 0.15) is 0 Å². The SMILES string of the molecule is Cc1cc(C(=O)Nc2ccccc2CCl)cc([N+](=O)[O-])c1. The van der Waals surface area contributed by atoms with Crippen LogP contribution >= 0.6 is 11.6 Å². The van der Waals surface area contributed by atoms with Crippen molar-refractivity contribution < 1.29 is 9.72 Å². The fourth-order valence-electron chi connectivity index (χ4n) is 1.95. The van der Waals surface area contributed by atoms with Crippen LogP contribution in [0, 0.1) is 17.0 Å². The quantitative estimate of drug-likeness (QED) is 0.529. The number of hydrogen-bond donors (Lipinski definition) is 1. The van der Waals surface area contributed by atoms with Crippen LogP contribution in [0.15, 0.2) is 42.5 Å². The molecule has 108 valence electrons. The number of nitro groups is 1. The van der Waals surface area contributed by atoms with E-state index >= 15 is 0 Å². The van der Waals surface area contributed by atoms with Crippen molar-refractivity contribution in [3.8, 4) is 0 Å². The highest BCUT2D eigenvalue weighted by Crippen LogP contribution is 2.20. The molecule has 2 aromatic rings. The van der Waals surface area contributed by atoms with Gasteiger partial charge in [-0.15, -0.1) is 11.6 Å². The van der Waals surface area contributed by atoms with Gasteiger partial charge in [-0.3, -0.25) is 14.9 Å². The molecule has 1 amide bonds. The predicted octanol–water partition coefficient (Wildman–Crippen LogP) is 3.89. The van der Waals surface area contributed by atoms with Crippen molar-refractivity contribution in [1.82, 2.24) is 0 Å². The zero-order valence-electron chi connectivity index (χ0n) is 11.3. The van der Waals surface area contributed by atoms with Crippen LogP contribution in [0.3, 0.4) is 0 Å². The maximum atomic E-state index is 12.2. The fraction of sp³-hybridized carbons (Fsp3) is 0.133. The minimum absolute atomic E-state index is 0.106. The maximum absolute atomic E-state index is 12.2. The number of hydrogen-bond acceptors (Lipinski definition) is 3. The Hall–Kier alpha value is -2.40. The van der Waals surface area contributed by atoms with Gasteiger partial charge in [0.2, 0.25) is 0 Å². The van der Waals surface area contributed by atoms with Crippen LogP contribution in [0.1, 0.15) is 21.5 Å². The summed E-state index contributed by atoms with van der Waals surface area (Å²) in [4.78, 5) is 22.6. The monoisotopic (exact) mass is 304 g/mol. The summed E-state index contributed by atoms with van der Waals surface area (Å²) in [5, 5.41) is 13.6. The van der Waals surface area contributed by atoms with E-state index in [0.717, 1.165) is 5.56 Å². The molecule has 0 saturated heterocycles. The third kappa shape index (κ3) is 3.58. The minimum Gasteiger partial charge on any atom is -0.322 e. The van der Waals surface area contributed by atoms with Crippen molar-refractivity contribution in [3.63, 3.8) is 0 Å². The Kier molecular flexibility index (Phi) is 4.55. The average Bonchev–Trinajstić information content (AvgIpc) is 2.47. The van der Waals surface area contributed by atoms with E-state index in [-0.39, 0.29) is 17.1 Å². The average molecular weight is 305 g/mol. The molecule has 6 heteroatoms. The molecule has 0 aliphatic heterocycles. The van der Waals surface area contributed by atoms with Crippen LogP contribution in [0.25, 0.3) is 0 Å². The minimum atomic E-state index is -0.517. The second-order valence-electron chi connectivity index (χ2n) is 4.56. The van der Waals surface area contributed by atoms with Gasteiger partial charge >= 0.3 is 0 Å². The molecule has 0 aliphatic carbocycles. The van der Waals surface area contributed by atoms with E-state index in [1.54, 1.807) is 31.2 Å². The summed E-state index contributed by atoms with van der Waals surface area (Å²) in [7, 11) is 0. The lowest BCUT2D eigenvalue weighted by molar-refractivity contribution is -0.384. The van der Waals surface area contributed by atoms with Crippen molar-refractivity contribution in [2.75, 3.05) is 5.32 Å². The Balaban J connectivity index is 2.30. The Bertz CT molecular complexity index is 701. The standard InChI is InChI=1S/C15H13ClN2O3/c1-10-6-12(8-13(7-10)18(20)21)15(19)17-14-5-3-2-4-11(14)9-16/h2-8H,9H2,1H3,(H,17,19). The highest BCUT2D eigenvalue weighted by atomic mass is 35.5. The molecule has 5 nitrogen and oxygen atoms in total. The normalized spacial score (nSPS) is 10.2. The topological polar surface area (TPSA) is 72.2 Å². The van der Waals surface area contributed by atoms with Gasteiger partial charge in [-0.2, -0.15) is 0 Å². The van der Waals surface area contributed by atoms with E-state index < -0.39 is 10.8 Å². The van der Waals surface area contributed by atoms with Gasteiger partial charge in [-0.25, -0.2) is 0 Å². The second kappa shape index (κ2) is 6.37. The summed E-state index contributed by atoms with van der Waals surface area (Å²) in [5.74, 6) is -0.135. The van der Waals surface area contributed by atoms with E-state index in [4.69, 9.17) is 11.6 Å². The van der Waals surface area contributed by atoms with E-state index in [1.165, 1.54) is 12.1 Å². The molecule has 21 heavy (non-hydrogen) atoms. The Labute approximate surface area is 126 Å². The molecule has 0 aromatic heterocycles. The van der Waals surface area contributed by atoms with Crippen LogP contribution in [0.4, 0.5) is 11.4 Å². The van der Waals surface area contributed by atoms with E-state index in [1.807, 2.05) is 6.07 Å². The zero-order valence-corrected chi connectivity index (χ0v) is 12.1. The number of non-ortho nitro benzene ring substituents is 1. The van der Waals surface area contributed by atoms with E-state index in [9.17, 15) is 14.9 Å². The number of rotatable bonds is 4. The summed E-state index contributed by atoms with van der Waals surface area (Å²) >= 11 is 5.81. The van der Waals surface area contributed by atoms with Crippen molar-refractivity contribution in [1.29, 1.82) is 0 Å². The molecule has 0 atom stereocenters. The summed E-state index contributed by atoms with van der Waals surface area (Å²) in [6, 6.07) is 11.4. The number of para-hydroxylation sites is 1. The number of aryl methyl sites for hydroxylation is 1. The molecule has 1 N–H and O–H groups in total. The molecule has 0 bridgehead atoms. The van der Waals surface area contributed by atoms with Gasteiger partial charge < -0.3 is 5.32 Å².